The van der Waals surface area contributed by atoms with Gasteiger partial charge in [-0.05, 0) is 24.1 Å². The molecule has 2 heterocycles. The van der Waals surface area contributed by atoms with Crippen LogP contribution in [0.5, 0.6) is 0 Å². The molecular weight excluding hydrogens is 408 g/mol. The Hall–Kier alpha value is -3.57. The molecule has 2 N–H and O–H groups in total. The van der Waals surface area contributed by atoms with Crippen molar-refractivity contribution in [3.05, 3.63) is 96.2 Å². The van der Waals surface area contributed by atoms with E-state index in [2.05, 4.69) is 57.5 Å². The highest BCUT2D eigenvalue weighted by Crippen LogP contribution is 2.31. The Balaban J connectivity index is 0.00000231. The Morgan fingerprint density at radius 2 is 1.45 bits per heavy atom. The average Bonchev–Trinajstić information content (AvgIpc) is 3.29. The first-order chi connectivity index (χ1) is 14.7. The molecule has 0 saturated heterocycles. The summed E-state index contributed by atoms with van der Waals surface area (Å²) in [5, 5.41) is 0. The molecule has 0 unspecified atom stereocenters. The number of imidazole rings is 2. The smallest absolute Gasteiger partial charge is 0.217 e. The number of nitrogens with zero attached hydrogens (tertiary/aromatic N) is 3. The fourth-order valence-electron chi connectivity index (χ4n) is 4.09. The lowest BCUT2D eigenvalue weighted by atomic mass is 10.1. The van der Waals surface area contributed by atoms with E-state index in [-0.39, 0.29) is 24.7 Å². The van der Waals surface area contributed by atoms with Crippen molar-refractivity contribution in [3.63, 3.8) is 0 Å². The Morgan fingerprint density at radius 1 is 0.839 bits per heavy atom. The topological polar surface area (TPSA) is 65.3 Å². The molecule has 0 atom stereocenters. The van der Waals surface area contributed by atoms with Crippen LogP contribution in [0, 0.1) is 0 Å². The largest absolute Gasteiger partial charge is 0.370 e. The number of halogens is 1. The maximum Gasteiger partial charge on any atom is 0.217 e. The number of hydrogen-bond acceptors (Lipinski definition) is 2. The number of aromatic nitrogens is 3. The molecule has 5 nitrogen and oxygen atoms in total. The number of primary amides is 1. The van der Waals surface area contributed by atoms with E-state index in [1.54, 1.807) is 0 Å². The van der Waals surface area contributed by atoms with Gasteiger partial charge in [-0.2, -0.15) is 0 Å². The molecule has 2 aromatic heterocycles. The molecule has 6 heteroatoms. The van der Waals surface area contributed by atoms with Crippen LogP contribution in [-0.2, 0) is 17.8 Å². The zero-order chi connectivity index (χ0) is 20.5. The van der Waals surface area contributed by atoms with Crippen molar-refractivity contribution in [2.24, 2.45) is 5.73 Å². The Morgan fingerprint density at radius 3 is 2.13 bits per heavy atom. The maximum atomic E-state index is 11.6. The van der Waals surface area contributed by atoms with Crippen molar-refractivity contribution in [1.29, 1.82) is 0 Å². The molecular formula is C25H23ClN4O. The molecule has 0 fully saturated rings. The summed E-state index contributed by atoms with van der Waals surface area (Å²) in [5.74, 6) is 0.565. The fraction of sp³-hybridized carbons (Fsp3) is 0.120. The van der Waals surface area contributed by atoms with Gasteiger partial charge in [-0.25, -0.2) is 4.98 Å². The van der Waals surface area contributed by atoms with E-state index in [0.717, 1.165) is 40.3 Å². The minimum atomic E-state index is -0.308. The number of benzene rings is 3. The zero-order valence-electron chi connectivity index (χ0n) is 16.9. The monoisotopic (exact) mass is 430 g/mol. The number of fused-ring (bicyclic) bond motifs is 3. The normalized spacial score (nSPS) is 11.0. The lowest BCUT2D eigenvalue weighted by Crippen LogP contribution is -2.12. The number of para-hydroxylation sites is 2. The highest BCUT2D eigenvalue weighted by atomic mass is 35.5. The minimum Gasteiger partial charge on any atom is -0.370 e. The Labute approximate surface area is 186 Å². The van der Waals surface area contributed by atoms with Crippen molar-refractivity contribution in [1.82, 2.24) is 14.0 Å². The van der Waals surface area contributed by atoms with E-state index in [1.165, 1.54) is 5.56 Å². The molecule has 0 saturated carbocycles. The summed E-state index contributed by atoms with van der Waals surface area (Å²) in [6, 6.07) is 28.8. The lowest BCUT2D eigenvalue weighted by molar-refractivity contribution is -0.118. The molecule has 0 aliphatic carbocycles. The van der Waals surface area contributed by atoms with Crippen LogP contribution in [0.4, 0.5) is 0 Å². The Kier molecular flexibility index (Phi) is 5.78. The van der Waals surface area contributed by atoms with Gasteiger partial charge in [0.05, 0.1) is 29.0 Å². The number of carbonyl (C=O) groups excluding carboxylic acids is 1. The SMILES string of the molecule is Cl.NC(=O)CCc1c(-c2ccccc2)nc2n(Cc3ccccc3)c3ccccc3n12. The van der Waals surface area contributed by atoms with E-state index in [9.17, 15) is 4.79 Å². The van der Waals surface area contributed by atoms with Gasteiger partial charge in [-0.15, -0.1) is 12.4 Å². The number of carbonyl (C=O) groups is 1. The van der Waals surface area contributed by atoms with E-state index in [4.69, 9.17) is 10.7 Å². The van der Waals surface area contributed by atoms with E-state index in [1.807, 2.05) is 36.4 Å². The van der Waals surface area contributed by atoms with Gasteiger partial charge in [0, 0.05) is 12.0 Å². The number of rotatable bonds is 6. The molecule has 5 aromatic rings. The number of amides is 1. The van der Waals surface area contributed by atoms with Gasteiger partial charge in [-0.3, -0.25) is 9.20 Å². The Bertz CT molecular complexity index is 1340. The summed E-state index contributed by atoms with van der Waals surface area (Å²) in [6.45, 7) is 0.721. The second-order valence-corrected chi connectivity index (χ2v) is 7.44. The summed E-state index contributed by atoms with van der Waals surface area (Å²) >= 11 is 0. The first kappa shape index (κ1) is 20.7. The van der Waals surface area contributed by atoms with Crippen LogP contribution >= 0.6 is 12.4 Å². The third-order valence-electron chi connectivity index (χ3n) is 5.45. The third-order valence-corrected chi connectivity index (χ3v) is 5.45. The first-order valence-electron chi connectivity index (χ1n) is 10.1. The second-order valence-electron chi connectivity index (χ2n) is 7.44. The molecule has 156 valence electrons. The van der Waals surface area contributed by atoms with E-state index < -0.39 is 0 Å². The highest BCUT2D eigenvalue weighted by Gasteiger charge is 2.21. The van der Waals surface area contributed by atoms with E-state index in [0.29, 0.717) is 6.42 Å². The maximum absolute atomic E-state index is 11.6. The standard InChI is InChI=1S/C25H22N4O.ClH/c26-23(30)16-15-22-24(19-11-5-2-6-12-19)27-25-28(17-18-9-3-1-4-10-18)20-13-7-8-14-21(20)29(22)25;/h1-14H,15-17H2,(H2,26,30);1H. The second kappa shape index (κ2) is 8.66. The molecule has 3 aromatic carbocycles. The highest BCUT2D eigenvalue weighted by molar-refractivity contribution is 5.85. The molecule has 0 spiro atoms. The quantitative estimate of drug-likeness (QED) is 0.418. The van der Waals surface area contributed by atoms with Crippen LogP contribution in [0.2, 0.25) is 0 Å². The van der Waals surface area contributed by atoms with Gasteiger partial charge in [0.2, 0.25) is 11.7 Å². The molecule has 0 aliphatic rings. The number of nitrogens with two attached hydrogens (primary N) is 1. The van der Waals surface area contributed by atoms with Crippen LogP contribution < -0.4 is 5.73 Å². The number of aryl methyl sites for hydroxylation is 1. The van der Waals surface area contributed by atoms with Crippen molar-refractivity contribution < 1.29 is 4.79 Å². The first-order valence-corrected chi connectivity index (χ1v) is 10.1. The minimum absolute atomic E-state index is 0. The fourth-order valence-corrected chi connectivity index (χ4v) is 4.09. The lowest BCUT2D eigenvalue weighted by Gasteiger charge is -2.06. The van der Waals surface area contributed by atoms with Crippen molar-refractivity contribution in [2.75, 3.05) is 0 Å². The summed E-state index contributed by atoms with van der Waals surface area (Å²) in [5.41, 5.74) is 11.8. The van der Waals surface area contributed by atoms with Crippen LogP contribution in [0.15, 0.2) is 84.9 Å². The zero-order valence-corrected chi connectivity index (χ0v) is 17.8. The van der Waals surface area contributed by atoms with Crippen LogP contribution in [0.25, 0.3) is 28.1 Å². The van der Waals surface area contributed by atoms with Gasteiger partial charge in [0.1, 0.15) is 0 Å². The molecule has 31 heavy (non-hydrogen) atoms. The van der Waals surface area contributed by atoms with E-state index >= 15 is 0 Å². The van der Waals surface area contributed by atoms with Crippen molar-refractivity contribution >= 4 is 35.1 Å². The molecule has 5 rings (SSSR count). The average molecular weight is 431 g/mol. The van der Waals surface area contributed by atoms with Gasteiger partial charge in [0.25, 0.3) is 0 Å². The predicted octanol–water partition coefficient (Wildman–Crippen LogP) is 4.84. The van der Waals surface area contributed by atoms with Gasteiger partial charge in [-0.1, -0.05) is 72.8 Å². The molecule has 0 aliphatic heterocycles. The third kappa shape index (κ3) is 3.80. The molecule has 0 radical (unpaired) electrons. The molecule has 0 bridgehead atoms. The summed E-state index contributed by atoms with van der Waals surface area (Å²) in [7, 11) is 0. The van der Waals surface area contributed by atoms with Crippen molar-refractivity contribution in [3.8, 4) is 11.3 Å². The predicted molar refractivity (Wildman–Crippen MR) is 126 cm³/mol. The van der Waals surface area contributed by atoms with Crippen LogP contribution in [-0.4, -0.2) is 19.9 Å². The molecule has 1 amide bonds. The van der Waals surface area contributed by atoms with Crippen LogP contribution in [0.1, 0.15) is 17.7 Å². The summed E-state index contributed by atoms with van der Waals surface area (Å²) in [6.07, 6.45) is 0.825. The van der Waals surface area contributed by atoms with Gasteiger partial charge in [0.15, 0.2) is 0 Å². The summed E-state index contributed by atoms with van der Waals surface area (Å²) in [4.78, 5) is 16.6. The van der Waals surface area contributed by atoms with Crippen LogP contribution in [0.3, 0.4) is 0 Å². The summed E-state index contributed by atoms with van der Waals surface area (Å²) < 4.78 is 4.43. The van der Waals surface area contributed by atoms with Gasteiger partial charge >= 0.3 is 0 Å². The van der Waals surface area contributed by atoms with Gasteiger partial charge < -0.3 is 10.3 Å². The number of hydrogen-bond donors (Lipinski definition) is 1. The van der Waals surface area contributed by atoms with Crippen molar-refractivity contribution in [2.45, 2.75) is 19.4 Å².